The Balaban J connectivity index is 1.92. The molecule has 1 amide bonds. The standard InChI is InChI=1S/C14H18ClNO3/c1-10-8-18-11(2)7-16(10)14(17)9-19-13-6-4-3-5-12(13)15/h3-6,10-11H,7-9H2,1-2H3. The molecule has 4 nitrogen and oxygen atoms in total. The van der Waals surface area contributed by atoms with Crippen LogP contribution in [0.3, 0.4) is 0 Å². The fourth-order valence-corrected chi connectivity index (χ4v) is 2.23. The molecule has 19 heavy (non-hydrogen) atoms. The number of carbonyl (C=O) groups is 1. The number of para-hydroxylation sites is 1. The molecule has 1 aliphatic heterocycles. The molecule has 0 bridgehead atoms. The summed E-state index contributed by atoms with van der Waals surface area (Å²) in [5.74, 6) is 0.494. The van der Waals surface area contributed by atoms with E-state index in [1.165, 1.54) is 0 Å². The van der Waals surface area contributed by atoms with E-state index in [1.807, 2.05) is 26.0 Å². The summed E-state index contributed by atoms with van der Waals surface area (Å²) in [6.07, 6.45) is 0.0699. The summed E-state index contributed by atoms with van der Waals surface area (Å²) >= 11 is 5.98. The highest BCUT2D eigenvalue weighted by molar-refractivity contribution is 6.32. The zero-order chi connectivity index (χ0) is 13.8. The second-order valence-electron chi connectivity index (χ2n) is 4.76. The van der Waals surface area contributed by atoms with Crippen LogP contribution in [-0.2, 0) is 9.53 Å². The summed E-state index contributed by atoms with van der Waals surface area (Å²) in [6, 6.07) is 7.22. The first-order valence-corrected chi connectivity index (χ1v) is 6.74. The smallest absolute Gasteiger partial charge is 0.260 e. The Bertz CT molecular complexity index is 452. The molecule has 0 aliphatic carbocycles. The van der Waals surface area contributed by atoms with E-state index in [4.69, 9.17) is 21.1 Å². The lowest BCUT2D eigenvalue weighted by Gasteiger charge is -2.36. The number of nitrogens with zero attached hydrogens (tertiary/aromatic N) is 1. The Labute approximate surface area is 118 Å². The summed E-state index contributed by atoms with van der Waals surface area (Å²) in [7, 11) is 0. The molecule has 1 fully saturated rings. The first-order valence-electron chi connectivity index (χ1n) is 6.36. The number of carbonyl (C=O) groups excluding carboxylic acids is 1. The quantitative estimate of drug-likeness (QED) is 0.855. The summed E-state index contributed by atoms with van der Waals surface area (Å²) < 4.78 is 11.0. The average Bonchev–Trinajstić information content (AvgIpc) is 2.40. The molecule has 0 saturated carbocycles. The van der Waals surface area contributed by atoms with Crippen LogP contribution in [-0.4, -0.2) is 42.7 Å². The van der Waals surface area contributed by atoms with Crippen LogP contribution in [0.2, 0.25) is 5.02 Å². The Hall–Kier alpha value is -1.26. The van der Waals surface area contributed by atoms with Gasteiger partial charge in [-0.1, -0.05) is 23.7 Å². The number of benzene rings is 1. The predicted molar refractivity (Wildman–Crippen MR) is 73.5 cm³/mol. The van der Waals surface area contributed by atoms with Crippen LogP contribution in [0.5, 0.6) is 5.75 Å². The van der Waals surface area contributed by atoms with Gasteiger partial charge in [-0.3, -0.25) is 4.79 Å². The summed E-state index contributed by atoms with van der Waals surface area (Å²) in [4.78, 5) is 13.9. The minimum atomic E-state index is -0.0393. The monoisotopic (exact) mass is 283 g/mol. The third-order valence-corrected chi connectivity index (χ3v) is 3.43. The van der Waals surface area contributed by atoms with E-state index in [1.54, 1.807) is 17.0 Å². The number of ether oxygens (including phenoxy) is 2. The maximum absolute atomic E-state index is 12.1. The van der Waals surface area contributed by atoms with Crippen LogP contribution in [0.25, 0.3) is 0 Å². The van der Waals surface area contributed by atoms with Crippen LogP contribution in [0.1, 0.15) is 13.8 Å². The van der Waals surface area contributed by atoms with Crippen molar-refractivity contribution in [1.29, 1.82) is 0 Å². The Morgan fingerprint density at radius 1 is 1.47 bits per heavy atom. The van der Waals surface area contributed by atoms with Gasteiger partial charge in [-0.2, -0.15) is 0 Å². The van der Waals surface area contributed by atoms with Gasteiger partial charge in [0, 0.05) is 6.54 Å². The lowest BCUT2D eigenvalue weighted by molar-refractivity contribution is -0.145. The largest absolute Gasteiger partial charge is 0.482 e. The molecule has 0 N–H and O–H groups in total. The molecule has 0 radical (unpaired) electrons. The zero-order valence-electron chi connectivity index (χ0n) is 11.1. The van der Waals surface area contributed by atoms with E-state index in [-0.39, 0.29) is 24.7 Å². The Morgan fingerprint density at radius 2 is 2.21 bits per heavy atom. The Kier molecular flexibility index (Phi) is 4.66. The second-order valence-corrected chi connectivity index (χ2v) is 5.17. The summed E-state index contributed by atoms with van der Waals surface area (Å²) in [6.45, 7) is 5.10. The predicted octanol–water partition coefficient (Wildman–Crippen LogP) is 2.35. The molecule has 1 saturated heterocycles. The van der Waals surface area contributed by atoms with E-state index in [0.29, 0.717) is 23.9 Å². The van der Waals surface area contributed by atoms with E-state index < -0.39 is 0 Å². The van der Waals surface area contributed by atoms with Gasteiger partial charge in [0.1, 0.15) is 5.75 Å². The van der Waals surface area contributed by atoms with Gasteiger partial charge < -0.3 is 14.4 Å². The van der Waals surface area contributed by atoms with Gasteiger partial charge in [-0.25, -0.2) is 0 Å². The number of morpholine rings is 1. The van der Waals surface area contributed by atoms with Crippen molar-refractivity contribution in [3.05, 3.63) is 29.3 Å². The van der Waals surface area contributed by atoms with Crippen molar-refractivity contribution in [3.8, 4) is 5.75 Å². The minimum absolute atomic E-state index is 0.000787. The SMILES string of the molecule is CC1CN(C(=O)COc2ccccc2Cl)C(C)CO1. The maximum Gasteiger partial charge on any atom is 0.260 e. The van der Waals surface area contributed by atoms with Gasteiger partial charge in [0.25, 0.3) is 5.91 Å². The van der Waals surface area contributed by atoms with Crippen molar-refractivity contribution in [2.45, 2.75) is 26.0 Å². The third-order valence-electron chi connectivity index (χ3n) is 3.12. The summed E-state index contributed by atoms with van der Waals surface area (Å²) in [5, 5.41) is 0.513. The molecule has 1 aromatic carbocycles. The molecule has 0 aromatic heterocycles. The van der Waals surface area contributed by atoms with Crippen molar-refractivity contribution < 1.29 is 14.3 Å². The lowest BCUT2D eigenvalue weighted by Crippen LogP contribution is -2.51. The second kappa shape index (κ2) is 6.26. The van der Waals surface area contributed by atoms with Gasteiger partial charge in [0.15, 0.2) is 6.61 Å². The van der Waals surface area contributed by atoms with Crippen molar-refractivity contribution in [2.75, 3.05) is 19.8 Å². The van der Waals surface area contributed by atoms with Crippen LogP contribution in [0, 0.1) is 0 Å². The molecule has 2 rings (SSSR count). The molecular formula is C14H18ClNO3. The van der Waals surface area contributed by atoms with Crippen LogP contribution in [0.4, 0.5) is 0 Å². The number of amides is 1. The molecular weight excluding hydrogens is 266 g/mol. The molecule has 2 atom stereocenters. The highest BCUT2D eigenvalue weighted by atomic mass is 35.5. The topological polar surface area (TPSA) is 38.8 Å². The molecule has 1 aromatic rings. The molecule has 1 heterocycles. The van der Waals surface area contributed by atoms with Crippen LogP contribution in [0.15, 0.2) is 24.3 Å². The van der Waals surface area contributed by atoms with Crippen molar-refractivity contribution in [2.24, 2.45) is 0 Å². The Morgan fingerprint density at radius 3 is 2.95 bits per heavy atom. The molecule has 0 spiro atoms. The first-order chi connectivity index (χ1) is 9.08. The van der Waals surface area contributed by atoms with Crippen molar-refractivity contribution >= 4 is 17.5 Å². The van der Waals surface area contributed by atoms with E-state index in [2.05, 4.69) is 0 Å². The van der Waals surface area contributed by atoms with Crippen LogP contribution < -0.4 is 4.74 Å². The maximum atomic E-state index is 12.1. The number of rotatable bonds is 3. The average molecular weight is 284 g/mol. The van der Waals surface area contributed by atoms with Gasteiger partial charge in [-0.05, 0) is 26.0 Å². The fourth-order valence-electron chi connectivity index (χ4n) is 2.03. The van der Waals surface area contributed by atoms with Gasteiger partial charge in [0.05, 0.1) is 23.8 Å². The highest BCUT2D eigenvalue weighted by Crippen LogP contribution is 2.23. The molecule has 104 valence electrons. The molecule has 5 heteroatoms. The number of hydrogen-bond donors (Lipinski definition) is 0. The first kappa shape index (κ1) is 14.2. The van der Waals surface area contributed by atoms with Gasteiger partial charge >= 0.3 is 0 Å². The van der Waals surface area contributed by atoms with E-state index >= 15 is 0 Å². The number of halogens is 1. The lowest BCUT2D eigenvalue weighted by atomic mass is 10.2. The molecule has 1 aliphatic rings. The fraction of sp³-hybridized carbons (Fsp3) is 0.500. The van der Waals surface area contributed by atoms with E-state index in [9.17, 15) is 4.79 Å². The summed E-state index contributed by atoms with van der Waals surface area (Å²) in [5.41, 5.74) is 0. The van der Waals surface area contributed by atoms with Crippen molar-refractivity contribution in [1.82, 2.24) is 4.90 Å². The third kappa shape index (κ3) is 3.61. The normalized spacial score (nSPS) is 23.2. The van der Waals surface area contributed by atoms with Gasteiger partial charge in [0.2, 0.25) is 0 Å². The van der Waals surface area contributed by atoms with Gasteiger partial charge in [-0.15, -0.1) is 0 Å². The van der Waals surface area contributed by atoms with Crippen LogP contribution >= 0.6 is 11.6 Å². The highest BCUT2D eigenvalue weighted by Gasteiger charge is 2.27. The minimum Gasteiger partial charge on any atom is -0.482 e. The number of hydrogen-bond acceptors (Lipinski definition) is 3. The van der Waals surface area contributed by atoms with E-state index in [0.717, 1.165) is 0 Å². The molecule has 2 unspecified atom stereocenters. The zero-order valence-corrected chi connectivity index (χ0v) is 11.9. The van der Waals surface area contributed by atoms with Crippen molar-refractivity contribution in [3.63, 3.8) is 0 Å².